The molecular formula is C76H144O6. The summed E-state index contributed by atoms with van der Waals surface area (Å²) < 4.78 is 17.0. The van der Waals surface area contributed by atoms with Gasteiger partial charge in [0.2, 0.25) is 0 Å². The molecular weight excluding hydrogens is 1010 g/mol. The highest BCUT2D eigenvalue weighted by atomic mass is 16.6. The van der Waals surface area contributed by atoms with Gasteiger partial charge >= 0.3 is 17.9 Å². The molecule has 0 fully saturated rings. The first-order valence-electron chi connectivity index (χ1n) is 37.3. The molecule has 0 radical (unpaired) electrons. The number of hydrogen-bond donors (Lipinski definition) is 0. The van der Waals surface area contributed by atoms with E-state index in [0.29, 0.717) is 19.3 Å². The Morgan fingerprint density at radius 1 is 0.232 bits per heavy atom. The van der Waals surface area contributed by atoms with Gasteiger partial charge in [-0.15, -0.1) is 0 Å². The predicted octanol–water partition coefficient (Wildman–Crippen LogP) is 25.7. The molecule has 0 aromatic heterocycles. The Morgan fingerprint density at radius 3 is 0.610 bits per heavy atom. The lowest BCUT2D eigenvalue weighted by Gasteiger charge is -2.18. The van der Waals surface area contributed by atoms with Crippen LogP contribution >= 0.6 is 0 Å². The third-order valence-corrected chi connectivity index (χ3v) is 17.2. The minimum atomic E-state index is -0.769. The van der Waals surface area contributed by atoms with E-state index in [0.717, 1.165) is 57.8 Å². The summed E-state index contributed by atoms with van der Waals surface area (Å²) in [6, 6.07) is 0. The third kappa shape index (κ3) is 68.7. The van der Waals surface area contributed by atoms with Crippen molar-refractivity contribution in [1.82, 2.24) is 0 Å². The van der Waals surface area contributed by atoms with Crippen LogP contribution in [0.15, 0.2) is 24.3 Å². The molecule has 0 bridgehead atoms. The highest BCUT2D eigenvalue weighted by Gasteiger charge is 2.20. The van der Waals surface area contributed by atoms with Crippen LogP contribution in [0.3, 0.4) is 0 Å². The fourth-order valence-electron chi connectivity index (χ4n) is 11.6. The van der Waals surface area contributed by atoms with Gasteiger partial charge in [-0.3, -0.25) is 14.4 Å². The van der Waals surface area contributed by atoms with Crippen LogP contribution in [0.1, 0.15) is 425 Å². The van der Waals surface area contributed by atoms with E-state index in [-0.39, 0.29) is 31.1 Å². The minimum Gasteiger partial charge on any atom is -0.462 e. The summed E-state index contributed by atoms with van der Waals surface area (Å²) in [6.07, 6.45) is 88.1. The first-order valence-corrected chi connectivity index (χ1v) is 37.3. The summed E-state index contributed by atoms with van der Waals surface area (Å²) in [5, 5.41) is 0. The number of rotatable bonds is 70. The zero-order valence-corrected chi connectivity index (χ0v) is 55.8. The molecule has 484 valence electrons. The van der Waals surface area contributed by atoms with Crippen molar-refractivity contribution < 1.29 is 28.6 Å². The molecule has 0 saturated carbocycles. The van der Waals surface area contributed by atoms with Crippen LogP contribution in [0.2, 0.25) is 0 Å². The van der Waals surface area contributed by atoms with Crippen molar-refractivity contribution in [2.75, 3.05) is 13.2 Å². The third-order valence-electron chi connectivity index (χ3n) is 17.2. The lowest BCUT2D eigenvalue weighted by molar-refractivity contribution is -0.167. The van der Waals surface area contributed by atoms with E-state index >= 15 is 0 Å². The lowest BCUT2D eigenvalue weighted by atomic mass is 10.0. The van der Waals surface area contributed by atoms with Crippen LogP contribution in [0.4, 0.5) is 0 Å². The van der Waals surface area contributed by atoms with Crippen molar-refractivity contribution in [3.05, 3.63) is 24.3 Å². The van der Waals surface area contributed by atoms with Gasteiger partial charge in [-0.1, -0.05) is 360 Å². The Bertz CT molecular complexity index is 1320. The second-order valence-electron chi connectivity index (χ2n) is 25.6. The average molecular weight is 1150 g/mol. The Kier molecular flexibility index (Phi) is 69.5. The van der Waals surface area contributed by atoms with E-state index in [2.05, 4.69) is 45.1 Å². The Hall–Kier alpha value is -2.11. The summed E-state index contributed by atoms with van der Waals surface area (Å²) in [7, 11) is 0. The van der Waals surface area contributed by atoms with Crippen molar-refractivity contribution in [2.45, 2.75) is 431 Å². The molecule has 0 spiro atoms. The fraction of sp³-hybridized carbons (Fsp3) is 0.908. The molecule has 0 aromatic rings. The molecule has 6 heteroatoms. The van der Waals surface area contributed by atoms with E-state index in [4.69, 9.17) is 14.2 Å². The maximum absolute atomic E-state index is 12.9. The zero-order chi connectivity index (χ0) is 59.2. The molecule has 1 atom stereocenters. The van der Waals surface area contributed by atoms with Crippen molar-refractivity contribution in [2.24, 2.45) is 0 Å². The van der Waals surface area contributed by atoms with Gasteiger partial charge in [-0.25, -0.2) is 0 Å². The quantitative estimate of drug-likeness (QED) is 0.0261. The van der Waals surface area contributed by atoms with E-state index in [9.17, 15) is 14.4 Å². The van der Waals surface area contributed by atoms with Gasteiger partial charge in [0.1, 0.15) is 13.2 Å². The number of carbonyl (C=O) groups is 3. The van der Waals surface area contributed by atoms with Gasteiger partial charge in [0.25, 0.3) is 0 Å². The number of esters is 3. The monoisotopic (exact) mass is 1150 g/mol. The van der Waals surface area contributed by atoms with Crippen molar-refractivity contribution >= 4 is 17.9 Å². The van der Waals surface area contributed by atoms with Gasteiger partial charge in [0.15, 0.2) is 6.10 Å². The molecule has 0 aliphatic heterocycles. The second kappa shape index (κ2) is 71.4. The van der Waals surface area contributed by atoms with Crippen LogP contribution in [0, 0.1) is 0 Å². The Labute approximate surface area is 513 Å². The van der Waals surface area contributed by atoms with E-state index in [1.807, 2.05) is 0 Å². The standard InChI is InChI=1S/C76H144O6/c1-4-7-10-13-16-19-22-25-27-29-30-31-32-33-34-35-36-37-38-39-40-41-42-43-44-45-46-48-49-51-54-57-60-63-66-69-75(78)81-72-73(71-80-74(77)68-65-62-59-56-53-24-21-18-15-12-9-6-3)82-76(79)70-67-64-61-58-55-52-50-47-28-26-23-20-17-14-11-8-5-2/h26,28-30,73H,4-25,27,31-72H2,1-3H3/b28-26-,30-29-. The van der Waals surface area contributed by atoms with Crippen LogP contribution in [-0.4, -0.2) is 37.2 Å². The molecule has 0 aliphatic carbocycles. The highest BCUT2D eigenvalue weighted by molar-refractivity contribution is 5.71. The van der Waals surface area contributed by atoms with Gasteiger partial charge in [-0.2, -0.15) is 0 Å². The molecule has 0 rings (SSSR count). The highest BCUT2D eigenvalue weighted by Crippen LogP contribution is 2.19. The molecule has 0 aromatic carbocycles. The zero-order valence-electron chi connectivity index (χ0n) is 55.8. The molecule has 1 unspecified atom stereocenters. The van der Waals surface area contributed by atoms with Crippen LogP contribution < -0.4 is 0 Å². The molecule has 0 N–H and O–H groups in total. The van der Waals surface area contributed by atoms with Crippen molar-refractivity contribution in [3.63, 3.8) is 0 Å². The topological polar surface area (TPSA) is 78.9 Å². The Morgan fingerprint density at radius 2 is 0.402 bits per heavy atom. The molecule has 0 amide bonds. The maximum Gasteiger partial charge on any atom is 0.306 e. The smallest absolute Gasteiger partial charge is 0.306 e. The number of ether oxygens (including phenoxy) is 3. The molecule has 0 saturated heterocycles. The molecule has 0 heterocycles. The number of unbranched alkanes of at least 4 members (excludes halogenated alkanes) is 55. The van der Waals surface area contributed by atoms with Crippen molar-refractivity contribution in [3.8, 4) is 0 Å². The SMILES string of the molecule is CCCCCCCC/C=C\CCCCCCCCCC(=O)OC(COC(=O)CCCCCCCCCCCCCC)COC(=O)CCCCCCCCCCCCCCCCCCCCCCCCC/C=C\CCCCCCCCCC. The summed E-state index contributed by atoms with van der Waals surface area (Å²) in [6.45, 7) is 6.70. The van der Waals surface area contributed by atoms with Crippen LogP contribution in [-0.2, 0) is 28.6 Å². The first kappa shape index (κ1) is 79.9. The van der Waals surface area contributed by atoms with E-state index < -0.39 is 6.10 Å². The van der Waals surface area contributed by atoms with Gasteiger partial charge in [0.05, 0.1) is 0 Å². The van der Waals surface area contributed by atoms with Crippen LogP contribution in [0.5, 0.6) is 0 Å². The molecule has 0 aliphatic rings. The number of allylic oxidation sites excluding steroid dienone is 4. The minimum absolute atomic E-state index is 0.0663. The summed E-state index contributed by atoms with van der Waals surface area (Å²) in [4.78, 5) is 38.4. The molecule has 82 heavy (non-hydrogen) atoms. The number of carbonyl (C=O) groups excluding carboxylic acids is 3. The summed E-state index contributed by atoms with van der Waals surface area (Å²) >= 11 is 0. The average Bonchev–Trinajstić information content (AvgIpc) is 3.47. The maximum atomic E-state index is 12.9. The van der Waals surface area contributed by atoms with E-state index in [1.165, 1.54) is 327 Å². The largest absolute Gasteiger partial charge is 0.462 e. The Balaban J connectivity index is 4.04. The van der Waals surface area contributed by atoms with Gasteiger partial charge in [-0.05, 0) is 70.6 Å². The van der Waals surface area contributed by atoms with Gasteiger partial charge < -0.3 is 14.2 Å². The van der Waals surface area contributed by atoms with Gasteiger partial charge in [0, 0.05) is 19.3 Å². The summed E-state index contributed by atoms with van der Waals surface area (Å²) in [5.41, 5.74) is 0. The fourth-order valence-corrected chi connectivity index (χ4v) is 11.6. The summed E-state index contributed by atoms with van der Waals surface area (Å²) in [5.74, 6) is -0.839. The predicted molar refractivity (Wildman–Crippen MR) is 358 cm³/mol. The second-order valence-corrected chi connectivity index (χ2v) is 25.6. The first-order chi connectivity index (χ1) is 40.5. The normalized spacial score (nSPS) is 12.1. The lowest BCUT2D eigenvalue weighted by Crippen LogP contribution is -2.30. The van der Waals surface area contributed by atoms with Crippen molar-refractivity contribution in [1.29, 1.82) is 0 Å². The van der Waals surface area contributed by atoms with E-state index in [1.54, 1.807) is 0 Å². The molecule has 6 nitrogen and oxygen atoms in total. The number of hydrogen-bond acceptors (Lipinski definition) is 6. The van der Waals surface area contributed by atoms with Crippen LogP contribution in [0.25, 0.3) is 0 Å².